The molecule has 28 heavy (non-hydrogen) atoms. The molecule has 0 aliphatic heterocycles. The van der Waals surface area contributed by atoms with Crippen LogP contribution in [0.4, 0.5) is 11.4 Å². The molecule has 2 aromatic carbocycles. The van der Waals surface area contributed by atoms with Crippen molar-refractivity contribution in [1.29, 1.82) is 0 Å². The SMILES string of the molecule is CCn1ncc(C(=O)Nc2cc(Oc3ccccc3C)cc([N+](=O)[O-])c2)c1C. The first kappa shape index (κ1) is 19.1. The largest absolute Gasteiger partial charge is 0.457 e. The van der Waals surface area contributed by atoms with Crippen LogP contribution in [-0.4, -0.2) is 20.6 Å². The van der Waals surface area contributed by atoms with Gasteiger partial charge in [-0.25, -0.2) is 0 Å². The van der Waals surface area contributed by atoms with E-state index in [0.29, 0.717) is 17.9 Å². The fourth-order valence-electron chi connectivity index (χ4n) is 2.80. The van der Waals surface area contributed by atoms with Gasteiger partial charge in [0.05, 0.1) is 28.4 Å². The Morgan fingerprint density at radius 2 is 2.00 bits per heavy atom. The molecule has 0 bridgehead atoms. The summed E-state index contributed by atoms with van der Waals surface area (Å²) >= 11 is 0. The Labute approximate surface area is 161 Å². The molecule has 0 spiro atoms. The Balaban J connectivity index is 1.91. The van der Waals surface area contributed by atoms with Crippen LogP contribution < -0.4 is 10.1 Å². The fourth-order valence-corrected chi connectivity index (χ4v) is 2.80. The molecule has 3 aromatic rings. The number of nitrogens with zero attached hydrogens (tertiary/aromatic N) is 3. The smallest absolute Gasteiger partial charge is 0.275 e. The van der Waals surface area contributed by atoms with Crippen molar-refractivity contribution in [1.82, 2.24) is 9.78 Å². The Bertz CT molecular complexity index is 1040. The molecule has 8 nitrogen and oxygen atoms in total. The third kappa shape index (κ3) is 4.01. The first-order chi connectivity index (χ1) is 13.4. The van der Waals surface area contributed by atoms with Crippen LogP contribution in [0.5, 0.6) is 11.5 Å². The number of benzene rings is 2. The molecule has 1 heterocycles. The number of nitrogens with one attached hydrogen (secondary N) is 1. The van der Waals surface area contributed by atoms with E-state index in [1.807, 2.05) is 32.0 Å². The molecule has 0 saturated carbocycles. The van der Waals surface area contributed by atoms with Crippen molar-refractivity contribution in [2.75, 3.05) is 5.32 Å². The predicted molar refractivity (Wildman–Crippen MR) is 105 cm³/mol. The van der Waals surface area contributed by atoms with E-state index in [2.05, 4.69) is 10.4 Å². The Morgan fingerprint density at radius 3 is 2.64 bits per heavy atom. The monoisotopic (exact) mass is 380 g/mol. The van der Waals surface area contributed by atoms with E-state index in [9.17, 15) is 14.9 Å². The van der Waals surface area contributed by atoms with Gasteiger partial charge in [-0.15, -0.1) is 0 Å². The highest BCUT2D eigenvalue weighted by Gasteiger charge is 2.17. The molecule has 1 N–H and O–H groups in total. The molecular formula is C20H20N4O4. The lowest BCUT2D eigenvalue weighted by Gasteiger charge is -2.11. The van der Waals surface area contributed by atoms with Gasteiger partial charge in [-0.05, 0) is 32.4 Å². The van der Waals surface area contributed by atoms with Crippen LogP contribution in [0.1, 0.15) is 28.5 Å². The molecule has 0 radical (unpaired) electrons. The molecule has 1 aromatic heterocycles. The van der Waals surface area contributed by atoms with Crippen LogP contribution in [0.15, 0.2) is 48.7 Å². The zero-order chi connectivity index (χ0) is 20.3. The van der Waals surface area contributed by atoms with Crippen molar-refractivity contribution in [2.24, 2.45) is 0 Å². The van der Waals surface area contributed by atoms with Gasteiger partial charge in [0.25, 0.3) is 11.6 Å². The number of anilines is 1. The first-order valence-corrected chi connectivity index (χ1v) is 8.75. The van der Waals surface area contributed by atoms with Gasteiger partial charge in [-0.3, -0.25) is 19.6 Å². The summed E-state index contributed by atoms with van der Waals surface area (Å²) in [5, 5.41) is 18.1. The number of amides is 1. The summed E-state index contributed by atoms with van der Waals surface area (Å²) in [5.74, 6) is 0.458. The van der Waals surface area contributed by atoms with Gasteiger partial charge in [-0.1, -0.05) is 18.2 Å². The normalized spacial score (nSPS) is 10.5. The summed E-state index contributed by atoms with van der Waals surface area (Å²) in [5.41, 5.74) is 2.12. The van der Waals surface area contributed by atoms with E-state index in [1.54, 1.807) is 23.7 Å². The van der Waals surface area contributed by atoms with Crippen LogP contribution in [-0.2, 0) is 6.54 Å². The number of aryl methyl sites for hydroxylation is 2. The van der Waals surface area contributed by atoms with Gasteiger partial charge in [0.15, 0.2) is 0 Å². The summed E-state index contributed by atoms with van der Waals surface area (Å²) < 4.78 is 7.50. The Morgan fingerprint density at radius 1 is 1.25 bits per heavy atom. The molecule has 0 saturated heterocycles. The summed E-state index contributed by atoms with van der Waals surface area (Å²) in [6.45, 7) is 6.25. The quantitative estimate of drug-likeness (QED) is 0.502. The third-order valence-corrected chi connectivity index (χ3v) is 4.33. The van der Waals surface area contributed by atoms with Crippen molar-refractivity contribution in [3.63, 3.8) is 0 Å². The number of aromatic nitrogens is 2. The number of hydrogen-bond donors (Lipinski definition) is 1. The highest BCUT2D eigenvalue weighted by atomic mass is 16.6. The number of carbonyl (C=O) groups excluding carboxylic acids is 1. The highest BCUT2D eigenvalue weighted by Crippen LogP contribution is 2.31. The molecule has 3 rings (SSSR count). The number of rotatable bonds is 6. The van der Waals surface area contributed by atoms with Gasteiger partial charge < -0.3 is 10.1 Å². The zero-order valence-electron chi connectivity index (χ0n) is 15.8. The molecule has 8 heteroatoms. The number of ether oxygens (including phenoxy) is 1. The number of non-ortho nitro benzene ring substituents is 1. The minimum Gasteiger partial charge on any atom is -0.457 e. The van der Waals surface area contributed by atoms with Gasteiger partial charge in [0.1, 0.15) is 11.5 Å². The van der Waals surface area contributed by atoms with Gasteiger partial charge >= 0.3 is 0 Å². The van der Waals surface area contributed by atoms with Crippen molar-refractivity contribution >= 4 is 17.3 Å². The second kappa shape index (κ2) is 7.91. The van der Waals surface area contributed by atoms with Gasteiger partial charge in [0.2, 0.25) is 0 Å². The maximum atomic E-state index is 12.6. The van der Waals surface area contributed by atoms with E-state index < -0.39 is 4.92 Å². The Hall–Kier alpha value is -3.68. The molecule has 0 fully saturated rings. The van der Waals surface area contributed by atoms with Crippen LogP contribution in [0.3, 0.4) is 0 Å². The maximum absolute atomic E-state index is 12.6. The third-order valence-electron chi connectivity index (χ3n) is 4.33. The van der Waals surface area contributed by atoms with E-state index in [1.165, 1.54) is 18.3 Å². The second-order valence-electron chi connectivity index (χ2n) is 6.25. The minimum absolute atomic E-state index is 0.178. The van der Waals surface area contributed by atoms with Crippen LogP contribution in [0.25, 0.3) is 0 Å². The predicted octanol–water partition coefficient (Wildman–Crippen LogP) is 4.47. The van der Waals surface area contributed by atoms with Crippen LogP contribution >= 0.6 is 0 Å². The molecule has 0 unspecified atom stereocenters. The number of nitro groups is 1. The number of nitro benzene ring substituents is 1. The van der Waals surface area contributed by atoms with Crippen molar-refractivity contribution < 1.29 is 14.5 Å². The maximum Gasteiger partial charge on any atom is 0.275 e. The molecular weight excluding hydrogens is 360 g/mol. The first-order valence-electron chi connectivity index (χ1n) is 8.75. The zero-order valence-corrected chi connectivity index (χ0v) is 15.8. The van der Waals surface area contributed by atoms with E-state index >= 15 is 0 Å². The second-order valence-corrected chi connectivity index (χ2v) is 6.25. The lowest BCUT2D eigenvalue weighted by atomic mass is 10.2. The summed E-state index contributed by atoms with van der Waals surface area (Å²) in [6.07, 6.45) is 1.48. The van der Waals surface area contributed by atoms with Crippen LogP contribution in [0.2, 0.25) is 0 Å². The molecule has 1 amide bonds. The topological polar surface area (TPSA) is 99.3 Å². The molecule has 0 aliphatic rings. The van der Waals surface area contributed by atoms with Gasteiger partial charge in [0, 0.05) is 24.4 Å². The van der Waals surface area contributed by atoms with E-state index in [4.69, 9.17) is 4.74 Å². The molecule has 0 atom stereocenters. The molecule has 0 aliphatic carbocycles. The van der Waals surface area contributed by atoms with E-state index in [0.717, 1.165) is 11.3 Å². The lowest BCUT2D eigenvalue weighted by molar-refractivity contribution is -0.384. The average Bonchev–Trinajstić information content (AvgIpc) is 3.04. The highest BCUT2D eigenvalue weighted by molar-refractivity contribution is 6.05. The number of hydrogen-bond acceptors (Lipinski definition) is 5. The summed E-state index contributed by atoms with van der Waals surface area (Å²) in [4.78, 5) is 23.4. The number of para-hydroxylation sites is 1. The van der Waals surface area contributed by atoms with Crippen molar-refractivity contribution in [2.45, 2.75) is 27.3 Å². The fraction of sp³-hybridized carbons (Fsp3) is 0.200. The Kier molecular flexibility index (Phi) is 5.39. The summed E-state index contributed by atoms with van der Waals surface area (Å²) in [6, 6.07) is 11.5. The summed E-state index contributed by atoms with van der Waals surface area (Å²) in [7, 11) is 0. The van der Waals surface area contributed by atoms with Gasteiger partial charge in [-0.2, -0.15) is 5.10 Å². The van der Waals surface area contributed by atoms with Crippen molar-refractivity contribution in [3.05, 3.63) is 75.6 Å². The molecule has 144 valence electrons. The standard InChI is InChI=1S/C20H20N4O4/c1-4-23-14(3)18(12-21-23)20(25)22-15-9-16(24(26)27)11-17(10-15)28-19-8-6-5-7-13(19)2/h5-12H,4H2,1-3H3,(H,22,25). The lowest BCUT2D eigenvalue weighted by Crippen LogP contribution is -2.13. The average molecular weight is 380 g/mol. The van der Waals surface area contributed by atoms with E-state index in [-0.39, 0.29) is 23.0 Å². The minimum atomic E-state index is -0.527. The number of carbonyl (C=O) groups is 1. The van der Waals surface area contributed by atoms with Crippen LogP contribution in [0, 0.1) is 24.0 Å². The van der Waals surface area contributed by atoms with Crippen molar-refractivity contribution in [3.8, 4) is 11.5 Å².